The van der Waals surface area contributed by atoms with E-state index in [1.54, 1.807) is 0 Å². The zero-order chi connectivity index (χ0) is 17.0. The summed E-state index contributed by atoms with van der Waals surface area (Å²) >= 11 is 0. The molecule has 0 unspecified atom stereocenters. The van der Waals surface area contributed by atoms with Crippen LogP contribution in [0, 0.1) is 28.8 Å². The third-order valence-corrected chi connectivity index (χ3v) is 3.78. The summed E-state index contributed by atoms with van der Waals surface area (Å²) in [4.78, 5) is 24.9. The molecule has 0 atom stereocenters. The minimum absolute atomic E-state index is 0.0450. The number of piperidine rings is 1. The molecule has 0 aliphatic carbocycles. The lowest BCUT2D eigenvalue weighted by atomic mass is 9.93. The van der Waals surface area contributed by atoms with E-state index < -0.39 is 17.5 Å². The largest absolute Gasteiger partial charge is 0.339 e. The maximum atomic E-state index is 13.1. The van der Waals surface area contributed by atoms with Gasteiger partial charge in [0.05, 0.1) is 6.21 Å². The number of likely N-dealkylation sites (tertiary alicyclic amines) is 1. The van der Waals surface area contributed by atoms with Crippen molar-refractivity contribution in [3.05, 3.63) is 41.2 Å². The number of benzene rings is 1. The summed E-state index contributed by atoms with van der Waals surface area (Å²) in [5.74, 6) is -5.01. The van der Waals surface area contributed by atoms with Gasteiger partial charge in [0.2, 0.25) is 5.91 Å². The molecule has 0 spiro atoms. The predicted octanol–water partition coefficient (Wildman–Crippen LogP) is 2.57. The molecule has 1 aromatic rings. The monoisotopic (exact) mass is 324 g/mol. The number of carbonyl (C=O) groups is 2. The SMILES string of the molecule is N=CC(=O)C1CCN(C(=O)/C=C/c2cc(F)c(F)c(F)c2)CC1. The van der Waals surface area contributed by atoms with Gasteiger partial charge in [0.1, 0.15) is 0 Å². The maximum absolute atomic E-state index is 13.1. The number of amides is 1. The van der Waals surface area contributed by atoms with Crippen molar-refractivity contribution in [1.82, 2.24) is 4.90 Å². The van der Waals surface area contributed by atoms with E-state index in [4.69, 9.17) is 5.41 Å². The third kappa shape index (κ3) is 4.06. The first-order chi connectivity index (χ1) is 10.9. The van der Waals surface area contributed by atoms with Gasteiger partial charge in [0.15, 0.2) is 23.2 Å². The topological polar surface area (TPSA) is 61.2 Å². The Morgan fingerprint density at radius 2 is 1.70 bits per heavy atom. The van der Waals surface area contributed by atoms with Gasteiger partial charge in [0.25, 0.3) is 0 Å². The Balaban J connectivity index is 1.97. The average molecular weight is 324 g/mol. The highest BCUT2D eigenvalue weighted by Crippen LogP contribution is 2.18. The molecule has 1 amide bonds. The zero-order valence-electron chi connectivity index (χ0n) is 12.2. The van der Waals surface area contributed by atoms with Crippen LogP contribution in [0.25, 0.3) is 6.08 Å². The van der Waals surface area contributed by atoms with E-state index in [9.17, 15) is 22.8 Å². The fourth-order valence-electron chi connectivity index (χ4n) is 2.45. The molecule has 1 heterocycles. The minimum Gasteiger partial charge on any atom is -0.339 e. The summed E-state index contributed by atoms with van der Waals surface area (Å²) in [6.45, 7) is 0.749. The number of halogens is 3. The van der Waals surface area contributed by atoms with E-state index in [-0.39, 0.29) is 23.2 Å². The molecule has 2 rings (SSSR count). The number of ketones is 1. The molecule has 0 bridgehead atoms. The number of hydrogen-bond acceptors (Lipinski definition) is 3. The summed E-state index contributed by atoms with van der Waals surface area (Å²) < 4.78 is 39.0. The molecule has 0 saturated carbocycles. The van der Waals surface area contributed by atoms with Crippen LogP contribution >= 0.6 is 0 Å². The van der Waals surface area contributed by atoms with Gasteiger partial charge in [-0.3, -0.25) is 9.59 Å². The molecule has 1 aliphatic heterocycles. The Bertz CT molecular complexity index is 642. The number of nitrogens with zero attached hydrogens (tertiary/aromatic N) is 1. The molecule has 1 aliphatic rings. The number of Topliss-reactive ketones (excluding diaryl/α,β-unsaturated/α-hetero) is 1. The molecule has 23 heavy (non-hydrogen) atoms. The second kappa shape index (κ2) is 7.21. The Labute approximate surface area is 131 Å². The van der Waals surface area contributed by atoms with Gasteiger partial charge in [-0.25, -0.2) is 13.2 Å². The number of rotatable bonds is 4. The number of nitrogens with one attached hydrogen (secondary N) is 1. The van der Waals surface area contributed by atoms with Crippen molar-refractivity contribution in [2.45, 2.75) is 12.8 Å². The Kier molecular flexibility index (Phi) is 5.31. The molecule has 1 fully saturated rings. The molecule has 122 valence electrons. The Hall–Kier alpha value is -2.44. The second-order valence-corrected chi connectivity index (χ2v) is 5.28. The number of hydrogen-bond donors (Lipinski definition) is 1. The molecule has 7 heteroatoms. The lowest BCUT2D eigenvalue weighted by Crippen LogP contribution is -2.39. The summed E-state index contributed by atoms with van der Waals surface area (Å²) in [6, 6.07) is 1.61. The van der Waals surface area contributed by atoms with Crippen LogP contribution in [0.4, 0.5) is 13.2 Å². The van der Waals surface area contributed by atoms with Gasteiger partial charge in [-0.1, -0.05) is 0 Å². The van der Waals surface area contributed by atoms with Gasteiger partial charge in [-0.2, -0.15) is 0 Å². The summed E-state index contributed by atoms with van der Waals surface area (Å²) in [5.41, 5.74) is 0.0450. The quantitative estimate of drug-likeness (QED) is 0.526. The van der Waals surface area contributed by atoms with Gasteiger partial charge < -0.3 is 10.3 Å². The van der Waals surface area contributed by atoms with Crippen molar-refractivity contribution in [2.75, 3.05) is 13.1 Å². The molecule has 0 aromatic heterocycles. The third-order valence-electron chi connectivity index (χ3n) is 3.78. The van der Waals surface area contributed by atoms with E-state index in [1.807, 2.05) is 0 Å². The van der Waals surface area contributed by atoms with Crippen LogP contribution in [0.1, 0.15) is 18.4 Å². The minimum atomic E-state index is -1.55. The molecular weight excluding hydrogens is 309 g/mol. The predicted molar refractivity (Wildman–Crippen MR) is 78.4 cm³/mol. The molecule has 1 N–H and O–H groups in total. The second-order valence-electron chi connectivity index (χ2n) is 5.28. The van der Waals surface area contributed by atoms with Crippen molar-refractivity contribution in [3.8, 4) is 0 Å². The maximum Gasteiger partial charge on any atom is 0.246 e. The molecule has 0 radical (unpaired) electrons. The molecule has 4 nitrogen and oxygen atoms in total. The lowest BCUT2D eigenvalue weighted by Gasteiger charge is -2.29. The normalized spacial score (nSPS) is 15.9. The number of carbonyl (C=O) groups excluding carboxylic acids is 2. The van der Waals surface area contributed by atoms with Crippen molar-refractivity contribution in [2.24, 2.45) is 5.92 Å². The van der Waals surface area contributed by atoms with E-state index in [0.717, 1.165) is 24.4 Å². The zero-order valence-corrected chi connectivity index (χ0v) is 12.2. The van der Waals surface area contributed by atoms with Crippen molar-refractivity contribution in [1.29, 1.82) is 5.41 Å². The molecule has 1 aromatic carbocycles. The van der Waals surface area contributed by atoms with Gasteiger partial charge in [-0.05, 0) is 36.6 Å². The summed E-state index contributed by atoms with van der Waals surface area (Å²) in [6.07, 6.45) is 4.12. The smallest absolute Gasteiger partial charge is 0.246 e. The van der Waals surface area contributed by atoms with Gasteiger partial charge in [-0.15, -0.1) is 0 Å². The van der Waals surface area contributed by atoms with Crippen molar-refractivity contribution in [3.63, 3.8) is 0 Å². The van der Waals surface area contributed by atoms with Crippen LogP contribution < -0.4 is 0 Å². The van der Waals surface area contributed by atoms with Crippen LogP contribution in [0.5, 0.6) is 0 Å². The van der Waals surface area contributed by atoms with Crippen LogP contribution in [-0.4, -0.2) is 35.9 Å². The van der Waals surface area contributed by atoms with Crippen LogP contribution in [0.2, 0.25) is 0 Å². The van der Waals surface area contributed by atoms with Gasteiger partial charge >= 0.3 is 0 Å². The first-order valence-electron chi connectivity index (χ1n) is 7.08. The molecular formula is C16H15F3N2O2. The Morgan fingerprint density at radius 3 is 2.22 bits per heavy atom. The fraction of sp³-hybridized carbons (Fsp3) is 0.312. The first-order valence-corrected chi connectivity index (χ1v) is 7.08. The van der Waals surface area contributed by atoms with Gasteiger partial charge in [0, 0.05) is 25.1 Å². The average Bonchev–Trinajstić information content (AvgIpc) is 2.56. The summed E-state index contributed by atoms with van der Waals surface area (Å²) in [7, 11) is 0. The standard InChI is InChI=1S/C16H15F3N2O2/c17-12-7-10(8-13(18)16(12)19)1-2-15(23)21-5-3-11(4-6-21)14(22)9-20/h1-2,7-9,11,20H,3-6H2/b2-1+,20-9?. The fourth-order valence-corrected chi connectivity index (χ4v) is 2.45. The van der Waals surface area contributed by atoms with Crippen LogP contribution in [-0.2, 0) is 9.59 Å². The van der Waals surface area contributed by atoms with E-state index >= 15 is 0 Å². The van der Waals surface area contributed by atoms with Crippen molar-refractivity contribution >= 4 is 24.0 Å². The molecule has 1 saturated heterocycles. The highest BCUT2D eigenvalue weighted by atomic mass is 19.2. The lowest BCUT2D eigenvalue weighted by molar-refractivity contribution is -0.129. The van der Waals surface area contributed by atoms with Crippen molar-refractivity contribution < 1.29 is 22.8 Å². The highest BCUT2D eigenvalue weighted by molar-refractivity contribution is 6.27. The van der Waals surface area contributed by atoms with Crippen LogP contribution in [0.3, 0.4) is 0 Å². The Morgan fingerprint density at radius 1 is 1.13 bits per heavy atom. The van der Waals surface area contributed by atoms with E-state index in [0.29, 0.717) is 25.9 Å². The highest BCUT2D eigenvalue weighted by Gasteiger charge is 2.25. The van der Waals surface area contributed by atoms with E-state index in [1.165, 1.54) is 11.0 Å². The first kappa shape index (κ1) is 16.9. The van der Waals surface area contributed by atoms with Crippen LogP contribution in [0.15, 0.2) is 18.2 Å². The van der Waals surface area contributed by atoms with E-state index in [2.05, 4.69) is 0 Å². The summed E-state index contributed by atoms with van der Waals surface area (Å²) in [5, 5.41) is 6.94.